The van der Waals surface area contributed by atoms with Crippen LogP contribution in [0.2, 0.25) is 0 Å². The van der Waals surface area contributed by atoms with E-state index in [-0.39, 0.29) is 4.88 Å². The fourth-order valence-electron chi connectivity index (χ4n) is 10.4. The molecule has 5 aromatic heterocycles. The number of carbonyl (C=O) groups is 1. The summed E-state index contributed by atoms with van der Waals surface area (Å²) >= 11 is 7.87. The standard InChI is InChI=1S/C58H44BF3N2O6S5/c1-32-6-12-37(13-7-32)59(38-14-10-36(11-15-38)58(60,61)62)44-30-46(72-54(44)56-63(59)31-48(74-56)57(65)66)45-28-33(2)51(71-45)47-29-34(3)52(73-47)55-50-49(69-26-27-70-50)53(75-55)35-8-16-39(17-9-35)64(40-18-22-42(67-4)23-19-40)41-20-24-43(68-5)25-21-41/h6-25,28-31H,26-27H2,1-5H3,(H,65,66). The average Bonchev–Trinajstić information content (AvgIpc) is 4.30. The number of anilines is 3. The number of methoxy groups -OCH3 is 2. The number of fused-ring (bicyclic) bond motifs is 4. The highest BCUT2D eigenvalue weighted by atomic mass is 32.1. The number of halogens is 3. The highest BCUT2D eigenvalue weighted by molar-refractivity contribution is 7.32. The molecule has 0 aliphatic carbocycles. The number of thiazole rings is 1. The van der Waals surface area contributed by atoms with Crippen molar-refractivity contribution in [3.8, 4) is 72.6 Å². The number of carboxylic acids is 1. The first kappa shape index (κ1) is 48.8. The predicted octanol–water partition coefficient (Wildman–Crippen LogP) is 14.3. The molecule has 75 heavy (non-hydrogen) atoms. The van der Waals surface area contributed by atoms with Crippen LogP contribution < -0.4 is 44.7 Å². The predicted molar refractivity (Wildman–Crippen MR) is 301 cm³/mol. The smallest absolute Gasteiger partial charge is 0.416 e. The number of aromatic nitrogens is 1. The van der Waals surface area contributed by atoms with Gasteiger partial charge in [0, 0.05) is 36.6 Å². The quantitative estimate of drug-likeness (QED) is 0.122. The maximum Gasteiger partial charge on any atom is 0.416 e. The second-order valence-electron chi connectivity index (χ2n) is 18.5. The number of thiophene rings is 4. The van der Waals surface area contributed by atoms with Crippen molar-refractivity contribution in [2.24, 2.45) is 0 Å². The van der Waals surface area contributed by atoms with Gasteiger partial charge in [-0.15, -0.1) is 61.7 Å². The summed E-state index contributed by atoms with van der Waals surface area (Å²) in [7, 11) is 3.32. The molecule has 12 rings (SSSR count). The Labute approximate surface area is 450 Å². The summed E-state index contributed by atoms with van der Waals surface area (Å²) in [5.74, 6) is 1.98. The van der Waals surface area contributed by atoms with Crippen LogP contribution in [0.3, 0.4) is 0 Å². The molecule has 0 fully saturated rings. The van der Waals surface area contributed by atoms with E-state index in [1.807, 2.05) is 84.2 Å². The van der Waals surface area contributed by atoms with E-state index in [4.69, 9.17) is 18.9 Å². The number of carboxylic acid groups (broad SMARTS) is 1. The van der Waals surface area contributed by atoms with E-state index in [0.717, 1.165) is 129 Å². The third-order valence-electron chi connectivity index (χ3n) is 14.0. The Morgan fingerprint density at radius 3 is 1.68 bits per heavy atom. The van der Waals surface area contributed by atoms with E-state index in [1.54, 1.807) is 77.9 Å². The van der Waals surface area contributed by atoms with Crippen molar-refractivity contribution in [1.29, 1.82) is 0 Å². The highest BCUT2D eigenvalue weighted by Gasteiger charge is 2.53. The molecule has 0 spiro atoms. The summed E-state index contributed by atoms with van der Waals surface area (Å²) in [5, 5.41) is 11.0. The van der Waals surface area contributed by atoms with E-state index in [0.29, 0.717) is 18.7 Å². The SMILES string of the molecule is COc1ccc(N(c2ccc(OC)cc2)c2ccc(-c3sc(-c4sc(-c5sc(-c6cc7c(s6)-c6sc(C(=O)O)c[n+]6[B-]7(c6ccc(C)cc6)c6ccc(C(F)(F)F)cc6)cc5C)cc4C)c4c3OCCO4)cc2)cc1. The number of aryl methyl sites for hydroxylation is 3. The zero-order chi connectivity index (χ0) is 51.9. The van der Waals surface area contributed by atoms with Gasteiger partial charge in [0.25, 0.3) is 0 Å². The van der Waals surface area contributed by atoms with Gasteiger partial charge < -0.3 is 33.4 Å². The molecule has 1 N–H and O–H groups in total. The minimum Gasteiger partial charge on any atom is -0.497 e. The number of alkyl halides is 3. The summed E-state index contributed by atoms with van der Waals surface area (Å²) in [6, 6.07) is 44.5. The van der Waals surface area contributed by atoms with Gasteiger partial charge in [-0.25, -0.2) is 4.79 Å². The molecule has 1 atom stereocenters. The summed E-state index contributed by atoms with van der Waals surface area (Å²) in [5.41, 5.74) is 8.93. The molecule has 17 heteroatoms. The van der Waals surface area contributed by atoms with Crippen molar-refractivity contribution in [2.45, 2.75) is 26.9 Å². The Bertz CT molecular complexity index is 3760. The number of hydrogen-bond acceptors (Lipinski definition) is 11. The number of ether oxygens (including phenoxy) is 4. The molecule has 0 amide bonds. The second kappa shape index (κ2) is 18.9. The van der Waals surface area contributed by atoms with Gasteiger partial charge in [-0.3, -0.25) is 0 Å². The van der Waals surface area contributed by atoms with Crippen LogP contribution in [0.25, 0.3) is 49.6 Å². The normalized spacial score (nSPS) is 14.7. The maximum absolute atomic E-state index is 14.0. The Morgan fingerprint density at radius 2 is 1.11 bits per heavy atom. The topological polar surface area (TPSA) is 81.3 Å². The van der Waals surface area contributed by atoms with E-state index in [2.05, 4.69) is 61.2 Å². The molecule has 0 saturated carbocycles. The lowest BCUT2D eigenvalue weighted by Crippen LogP contribution is -2.82. The van der Waals surface area contributed by atoms with E-state index >= 15 is 0 Å². The first-order chi connectivity index (χ1) is 36.2. The molecule has 10 aromatic rings. The number of benzene rings is 5. The molecule has 1 unspecified atom stereocenters. The van der Waals surface area contributed by atoms with E-state index in [1.165, 1.54) is 11.3 Å². The summed E-state index contributed by atoms with van der Waals surface area (Å²) in [6.07, 6.45) is -5.01. The van der Waals surface area contributed by atoms with Crippen LogP contribution in [-0.2, 0) is 6.18 Å². The van der Waals surface area contributed by atoms with Crippen molar-refractivity contribution in [1.82, 2.24) is 0 Å². The Balaban J connectivity index is 0.905. The van der Waals surface area contributed by atoms with Gasteiger partial charge in [0.2, 0.25) is 5.01 Å². The van der Waals surface area contributed by atoms with Gasteiger partial charge >= 0.3 is 18.4 Å². The largest absolute Gasteiger partial charge is 0.497 e. The van der Waals surface area contributed by atoms with Crippen molar-refractivity contribution >= 4 is 102 Å². The average molecular weight is 1090 g/mol. The third kappa shape index (κ3) is 8.32. The highest BCUT2D eigenvalue weighted by Crippen LogP contribution is 2.57. The Morgan fingerprint density at radius 1 is 0.600 bits per heavy atom. The molecule has 0 saturated heterocycles. The minimum atomic E-state index is -4.52. The van der Waals surface area contributed by atoms with E-state index in [9.17, 15) is 23.1 Å². The van der Waals surface area contributed by atoms with Crippen LogP contribution in [0.5, 0.6) is 23.0 Å². The fraction of sp³-hybridized carbons (Fsp3) is 0.138. The molecule has 7 heterocycles. The van der Waals surface area contributed by atoms with Crippen molar-refractivity contribution in [3.05, 3.63) is 173 Å². The van der Waals surface area contributed by atoms with Crippen molar-refractivity contribution < 1.29 is 46.5 Å². The van der Waals surface area contributed by atoms with Gasteiger partial charge in [0.15, 0.2) is 16.4 Å². The van der Waals surface area contributed by atoms with Crippen LogP contribution in [0.4, 0.5) is 30.2 Å². The lowest BCUT2D eigenvalue weighted by molar-refractivity contribution is -0.518. The number of rotatable bonds is 12. The zero-order valence-electron chi connectivity index (χ0n) is 40.9. The number of aromatic carboxylic acids is 1. The van der Waals surface area contributed by atoms with E-state index < -0.39 is 24.0 Å². The lowest BCUT2D eigenvalue weighted by Gasteiger charge is -2.32. The summed E-state index contributed by atoms with van der Waals surface area (Å²) in [4.78, 5) is 23.2. The van der Waals surface area contributed by atoms with Gasteiger partial charge in [-0.1, -0.05) is 83.6 Å². The van der Waals surface area contributed by atoms with Crippen LogP contribution in [0.1, 0.15) is 31.9 Å². The molecule has 2 aliphatic heterocycles. The number of hydrogen-bond donors (Lipinski definition) is 1. The minimum absolute atomic E-state index is 0.154. The Hall–Kier alpha value is -7.15. The monoisotopic (exact) mass is 1090 g/mol. The maximum atomic E-state index is 14.0. The zero-order valence-corrected chi connectivity index (χ0v) is 45.0. The third-order valence-corrected chi connectivity index (χ3v) is 20.6. The van der Waals surface area contributed by atoms with Gasteiger partial charge in [-0.05, 0) is 110 Å². The van der Waals surface area contributed by atoms with Crippen LogP contribution in [-0.4, -0.2) is 44.8 Å². The molecule has 0 bridgehead atoms. The van der Waals surface area contributed by atoms with Crippen LogP contribution in [0, 0.1) is 20.8 Å². The second-order valence-corrected chi connectivity index (χ2v) is 23.7. The summed E-state index contributed by atoms with van der Waals surface area (Å²) in [6.45, 7) is 7.13. The fourth-order valence-corrected chi connectivity index (χ4v) is 16.8. The van der Waals surface area contributed by atoms with Crippen LogP contribution >= 0.6 is 56.7 Å². The van der Waals surface area contributed by atoms with Gasteiger partial charge in [0.05, 0.1) is 39.3 Å². The van der Waals surface area contributed by atoms with Crippen LogP contribution in [0.15, 0.2) is 146 Å². The number of nitrogens with zero attached hydrogens (tertiary/aromatic N) is 2. The summed E-state index contributed by atoms with van der Waals surface area (Å²) < 4.78 is 67.8. The van der Waals surface area contributed by atoms with Gasteiger partial charge in [0.1, 0.15) is 30.9 Å². The molecular weight excluding hydrogens is 1050 g/mol. The molecule has 0 radical (unpaired) electrons. The first-order valence-corrected chi connectivity index (χ1v) is 28.0. The Kier molecular flexibility index (Phi) is 12.3. The molecule has 8 nitrogen and oxygen atoms in total. The van der Waals surface area contributed by atoms with Crippen molar-refractivity contribution in [3.63, 3.8) is 0 Å². The molecule has 2 aliphatic rings. The first-order valence-electron chi connectivity index (χ1n) is 23.9. The molecule has 376 valence electrons. The van der Waals surface area contributed by atoms with Crippen molar-refractivity contribution in [2.75, 3.05) is 32.3 Å². The van der Waals surface area contributed by atoms with Gasteiger partial charge in [-0.2, -0.15) is 13.2 Å². The molecular formula is C58H44BF3N2O6S5. The molecule has 5 aromatic carbocycles. The lowest BCUT2D eigenvalue weighted by atomic mass is 9.25.